The van der Waals surface area contributed by atoms with Crippen LogP contribution in [0.25, 0.3) is 0 Å². The van der Waals surface area contributed by atoms with Crippen LogP contribution in [-0.4, -0.2) is 34.5 Å². The first-order chi connectivity index (χ1) is 12.2. The number of ether oxygens (including phenoxy) is 1. The Balaban J connectivity index is 2.06. The molecule has 6 nitrogen and oxygen atoms in total. The number of methoxy groups -OCH3 is 1. The molecule has 0 aliphatic carbocycles. The van der Waals surface area contributed by atoms with Crippen molar-refractivity contribution in [2.24, 2.45) is 0 Å². The van der Waals surface area contributed by atoms with Gasteiger partial charge in [0.05, 0.1) is 12.0 Å². The van der Waals surface area contributed by atoms with E-state index in [1.54, 1.807) is 24.3 Å². The number of halogens is 1. The van der Waals surface area contributed by atoms with Crippen molar-refractivity contribution in [2.75, 3.05) is 25.1 Å². The number of carbonyl (C=O) groups is 1. The van der Waals surface area contributed by atoms with Gasteiger partial charge in [0.15, 0.2) is 0 Å². The molecule has 1 amide bonds. The average molecular weight is 397 g/mol. The number of benzene rings is 2. The number of sulfonamides is 1. The van der Waals surface area contributed by atoms with E-state index in [-0.39, 0.29) is 23.9 Å². The van der Waals surface area contributed by atoms with E-state index in [0.717, 1.165) is 5.56 Å². The summed E-state index contributed by atoms with van der Waals surface area (Å²) in [5, 5.41) is 0.549. The van der Waals surface area contributed by atoms with Crippen LogP contribution in [0.5, 0.6) is 5.75 Å². The maximum atomic E-state index is 12.3. The zero-order valence-corrected chi connectivity index (χ0v) is 16.4. The van der Waals surface area contributed by atoms with E-state index in [1.807, 2.05) is 13.0 Å². The Bertz CT molecular complexity index is 883. The smallest absolute Gasteiger partial charge is 0.240 e. The molecule has 0 unspecified atom stereocenters. The molecule has 0 aliphatic heterocycles. The van der Waals surface area contributed by atoms with Crippen molar-refractivity contribution in [1.82, 2.24) is 4.72 Å². The lowest BCUT2D eigenvalue weighted by Gasteiger charge is -2.22. The maximum absolute atomic E-state index is 12.3. The predicted molar refractivity (Wildman–Crippen MR) is 102 cm³/mol. The molecule has 1 N–H and O–H groups in total. The van der Waals surface area contributed by atoms with Gasteiger partial charge in [-0.1, -0.05) is 17.7 Å². The normalized spacial score (nSPS) is 11.2. The van der Waals surface area contributed by atoms with E-state index in [0.29, 0.717) is 16.5 Å². The summed E-state index contributed by atoms with van der Waals surface area (Å²) in [6, 6.07) is 11.4. The van der Waals surface area contributed by atoms with Gasteiger partial charge >= 0.3 is 0 Å². The minimum atomic E-state index is -3.67. The fraction of sp³-hybridized carbons (Fsp3) is 0.278. The summed E-state index contributed by atoms with van der Waals surface area (Å²) in [5.41, 5.74) is 1.52. The quantitative estimate of drug-likeness (QED) is 0.780. The summed E-state index contributed by atoms with van der Waals surface area (Å²) in [6.45, 7) is 3.54. The molecule has 2 rings (SSSR count). The van der Waals surface area contributed by atoms with Crippen molar-refractivity contribution in [3.8, 4) is 5.75 Å². The molecule has 0 bridgehead atoms. The lowest BCUT2D eigenvalue weighted by Crippen LogP contribution is -2.37. The van der Waals surface area contributed by atoms with Crippen LogP contribution < -0.4 is 14.4 Å². The van der Waals surface area contributed by atoms with Gasteiger partial charge in [-0.3, -0.25) is 4.79 Å². The SMILES string of the molecule is COc1ccc(S(=O)(=O)NCCN(C(C)=O)c2ccc(C)c(Cl)c2)cc1. The van der Waals surface area contributed by atoms with Crippen LogP contribution in [0.2, 0.25) is 5.02 Å². The van der Waals surface area contributed by atoms with E-state index >= 15 is 0 Å². The third-order valence-corrected chi connectivity index (χ3v) is 5.73. The van der Waals surface area contributed by atoms with Gasteiger partial charge in [-0.2, -0.15) is 0 Å². The second-order valence-corrected chi connectivity index (χ2v) is 7.85. The lowest BCUT2D eigenvalue weighted by atomic mass is 10.2. The number of carbonyl (C=O) groups excluding carboxylic acids is 1. The Morgan fingerprint density at radius 1 is 1.19 bits per heavy atom. The Kier molecular flexibility index (Phi) is 6.63. The summed E-state index contributed by atoms with van der Waals surface area (Å²) in [5.74, 6) is 0.372. The second-order valence-electron chi connectivity index (χ2n) is 5.68. The highest BCUT2D eigenvalue weighted by Gasteiger charge is 2.16. The number of nitrogens with one attached hydrogen (secondary N) is 1. The van der Waals surface area contributed by atoms with E-state index < -0.39 is 10.0 Å². The Hall–Kier alpha value is -2.09. The van der Waals surface area contributed by atoms with Gasteiger partial charge in [-0.05, 0) is 48.9 Å². The number of nitrogens with zero attached hydrogens (tertiary/aromatic N) is 1. The highest BCUT2D eigenvalue weighted by Crippen LogP contribution is 2.23. The average Bonchev–Trinajstić information content (AvgIpc) is 2.61. The predicted octanol–water partition coefficient (Wildman–Crippen LogP) is 2.99. The standard InChI is InChI=1S/C18H21ClN2O4S/c1-13-4-5-15(12-18(13)19)21(14(2)22)11-10-20-26(23,24)17-8-6-16(25-3)7-9-17/h4-9,12,20H,10-11H2,1-3H3. The van der Waals surface area contributed by atoms with Crippen LogP contribution in [0.3, 0.4) is 0 Å². The molecule has 0 aromatic heterocycles. The molecule has 0 saturated heterocycles. The first kappa shape index (κ1) is 20.2. The molecule has 0 spiro atoms. The molecule has 0 heterocycles. The molecule has 0 radical (unpaired) electrons. The van der Waals surface area contributed by atoms with Crippen LogP contribution >= 0.6 is 11.6 Å². The lowest BCUT2D eigenvalue weighted by molar-refractivity contribution is -0.116. The molecule has 140 valence electrons. The summed E-state index contributed by atoms with van der Waals surface area (Å²) >= 11 is 6.11. The van der Waals surface area contributed by atoms with Gasteiger partial charge in [0.2, 0.25) is 15.9 Å². The number of rotatable bonds is 7. The second kappa shape index (κ2) is 8.53. The summed E-state index contributed by atoms with van der Waals surface area (Å²) in [7, 11) is -2.16. The van der Waals surface area contributed by atoms with Crippen molar-refractivity contribution < 1.29 is 17.9 Å². The van der Waals surface area contributed by atoms with Crippen LogP contribution in [-0.2, 0) is 14.8 Å². The molecular weight excluding hydrogens is 376 g/mol. The highest BCUT2D eigenvalue weighted by molar-refractivity contribution is 7.89. The Morgan fingerprint density at radius 3 is 2.38 bits per heavy atom. The molecule has 2 aromatic carbocycles. The first-order valence-electron chi connectivity index (χ1n) is 7.92. The van der Waals surface area contributed by atoms with Gasteiger partial charge < -0.3 is 9.64 Å². The van der Waals surface area contributed by atoms with Crippen molar-refractivity contribution in [2.45, 2.75) is 18.7 Å². The van der Waals surface area contributed by atoms with Gasteiger partial charge in [0.25, 0.3) is 0 Å². The van der Waals surface area contributed by atoms with Crippen molar-refractivity contribution in [1.29, 1.82) is 0 Å². The molecule has 2 aromatic rings. The number of hydrogen-bond donors (Lipinski definition) is 1. The van der Waals surface area contributed by atoms with Crippen molar-refractivity contribution in [3.63, 3.8) is 0 Å². The van der Waals surface area contributed by atoms with Gasteiger partial charge in [0, 0.05) is 30.7 Å². The van der Waals surface area contributed by atoms with Gasteiger partial charge in [-0.25, -0.2) is 13.1 Å². The highest BCUT2D eigenvalue weighted by atomic mass is 35.5. The summed E-state index contributed by atoms with van der Waals surface area (Å²) < 4.78 is 32.2. The Morgan fingerprint density at radius 2 is 1.85 bits per heavy atom. The maximum Gasteiger partial charge on any atom is 0.240 e. The monoisotopic (exact) mass is 396 g/mol. The molecule has 26 heavy (non-hydrogen) atoms. The topological polar surface area (TPSA) is 75.7 Å². The fourth-order valence-electron chi connectivity index (χ4n) is 2.35. The van der Waals surface area contributed by atoms with Crippen LogP contribution in [0.15, 0.2) is 47.4 Å². The number of anilines is 1. The van der Waals surface area contributed by atoms with Crippen molar-refractivity contribution >= 4 is 33.2 Å². The van der Waals surface area contributed by atoms with E-state index in [9.17, 15) is 13.2 Å². The minimum absolute atomic E-state index is 0.0689. The van der Waals surface area contributed by atoms with Crippen LogP contribution in [0.4, 0.5) is 5.69 Å². The number of amides is 1. The molecular formula is C18H21ClN2O4S. The molecule has 0 atom stereocenters. The molecule has 0 aliphatic rings. The minimum Gasteiger partial charge on any atom is -0.497 e. The zero-order valence-electron chi connectivity index (χ0n) is 14.8. The zero-order chi connectivity index (χ0) is 19.3. The fourth-order valence-corrected chi connectivity index (χ4v) is 3.54. The van der Waals surface area contributed by atoms with E-state index in [1.165, 1.54) is 31.1 Å². The number of aryl methyl sites for hydroxylation is 1. The van der Waals surface area contributed by atoms with Crippen LogP contribution in [0, 0.1) is 6.92 Å². The number of hydrogen-bond acceptors (Lipinski definition) is 4. The van der Waals surface area contributed by atoms with Crippen molar-refractivity contribution in [3.05, 3.63) is 53.1 Å². The van der Waals surface area contributed by atoms with E-state index in [4.69, 9.17) is 16.3 Å². The summed E-state index contributed by atoms with van der Waals surface area (Å²) in [6.07, 6.45) is 0. The first-order valence-corrected chi connectivity index (χ1v) is 9.78. The third-order valence-electron chi connectivity index (χ3n) is 3.84. The van der Waals surface area contributed by atoms with Gasteiger partial charge in [-0.15, -0.1) is 0 Å². The molecule has 0 saturated carbocycles. The third kappa shape index (κ3) is 4.97. The molecule has 0 fully saturated rings. The Labute approximate surface area is 158 Å². The molecule has 8 heteroatoms. The van der Waals surface area contributed by atoms with E-state index in [2.05, 4.69) is 4.72 Å². The largest absolute Gasteiger partial charge is 0.497 e. The van der Waals surface area contributed by atoms with Gasteiger partial charge in [0.1, 0.15) is 5.75 Å². The van der Waals surface area contributed by atoms with Crippen LogP contribution in [0.1, 0.15) is 12.5 Å². The summed E-state index contributed by atoms with van der Waals surface area (Å²) in [4.78, 5) is 13.5.